The van der Waals surface area contributed by atoms with E-state index >= 15 is 0 Å². The van der Waals surface area contributed by atoms with Crippen molar-refractivity contribution in [1.82, 2.24) is 19.7 Å². The van der Waals surface area contributed by atoms with Crippen molar-refractivity contribution in [1.29, 1.82) is 0 Å². The Hall–Kier alpha value is -2.06. The van der Waals surface area contributed by atoms with Crippen LogP contribution in [0.25, 0.3) is 11.0 Å². The maximum atomic E-state index is 12.6. The lowest BCUT2D eigenvalue weighted by Gasteiger charge is -2.02. The fourth-order valence-corrected chi connectivity index (χ4v) is 1.39. The monoisotopic (exact) mass is 233 g/mol. The summed E-state index contributed by atoms with van der Waals surface area (Å²) in [5.41, 5.74) is 3.14. The molecule has 0 saturated heterocycles. The first-order chi connectivity index (χ1) is 7.30. The van der Waals surface area contributed by atoms with Crippen LogP contribution in [-0.4, -0.2) is 19.7 Å². The average molecular weight is 233 g/mol. The van der Waals surface area contributed by atoms with Gasteiger partial charge in [0, 0.05) is 7.05 Å². The molecule has 0 aromatic carbocycles. The van der Waals surface area contributed by atoms with E-state index in [0.29, 0.717) is 0 Å². The summed E-state index contributed by atoms with van der Waals surface area (Å²) in [5, 5.41) is 2.86. The van der Waals surface area contributed by atoms with E-state index in [1.807, 2.05) is 4.98 Å². The number of aryl methyl sites for hydroxylation is 1. The van der Waals surface area contributed by atoms with E-state index in [4.69, 9.17) is 5.73 Å². The van der Waals surface area contributed by atoms with E-state index in [-0.39, 0.29) is 5.65 Å². The molecule has 2 aromatic heterocycles. The van der Waals surface area contributed by atoms with Gasteiger partial charge in [-0.1, -0.05) is 0 Å². The third-order valence-corrected chi connectivity index (χ3v) is 2.00. The summed E-state index contributed by atoms with van der Waals surface area (Å²) >= 11 is 0. The summed E-state index contributed by atoms with van der Waals surface area (Å²) in [6, 6.07) is 0. The first-order valence-electron chi connectivity index (χ1n) is 4.10. The molecule has 2 aromatic rings. The molecule has 0 amide bonds. The Morgan fingerprint density at radius 1 is 1.44 bits per heavy atom. The maximum Gasteiger partial charge on any atom is 0.435 e. The van der Waals surface area contributed by atoms with Crippen LogP contribution in [0.3, 0.4) is 0 Å². The largest absolute Gasteiger partial charge is 0.435 e. The molecule has 3 N–H and O–H groups in total. The summed E-state index contributed by atoms with van der Waals surface area (Å²) in [5.74, 6) is -0.393. The number of hydrogen-bond acceptors (Lipinski definition) is 4. The van der Waals surface area contributed by atoms with Gasteiger partial charge >= 0.3 is 11.9 Å². The van der Waals surface area contributed by atoms with E-state index in [1.54, 1.807) is 0 Å². The third-order valence-electron chi connectivity index (χ3n) is 2.00. The second kappa shape index (κ2) is 2.97. The van der Waals surface area contributed by atoms with Crippen LogP contribution in [0.1, 0.15) is 5.69 Å². The van der Waals surface area contributed by atoms with E-state index < -0.39 is 28.8 Å². The number of aromatic amines is 1. The summed E-state index contributed by atoms with van der Waals surface area (Å²) in [4.78, 5) is 16.3. The fraction of sp³-hybridized carbons (Fsp3) is 0.286. The molecule has 0 aliphatic carbocycles. The molecule has 2 rings (SSSR count). The molecule has 0 saturated carbocycles. The minimum atomic E-state index is -4.65. The highest BCUT2D eigenvalue weighted by atomic mass is 19.4. The number of H-pyrrole nitrogens is 1. The Morgan fingerprint density at radius 3 is 2.62 bits per heavy atom. The van der Waals surface area contributed by atoms with Gasteiger partial charge in [0.1, 0.15) is 5.82 Å². The zero-order valence-corrected chi connectivity index (χ0v) is 7.96. The number of nitrogens with two attached hydrogens (primary N) is 1. The van der Waals surface area contributed by atoms with Crippen LogP contribution < -0.4 is 11.4 Å². The Labute approximate surface area is 85.9 Å². The molecule has 16 heavy (non-hydrogen) atoms. The van der Waals surface area contributed by atoms with Crippen molar-refractivity contribution in [3.63, 3.8) is 0 Å². The molecule has 0 aliphatic heterocycles. The standard InChI is InChI=1S/C7H6F3N5O/c1-15-5-2(3(14-15)7(8,9)10)4(11)12-6(16)13-5/h1H3,(H3,11,12,13,16). The highest BCUT2D eigenvalue weighted by Gasteiger charge is 2.38. The Balaban J connectivity index is 2.95. The number of halogens is 3. The van der Waals surface area contributed by atoms with E-state index in [9.17, 15) is 18.0 Å². The molecular weight excluding hydrogens is 227 g/mol. The number of nitrogen functional groups attached to an aromatic ring is 1. The van der Waals surface area contributed by atoms with Crippen molar-refractivity contribution in [2.24, 2.45) is 7.05 Å². The van der Waals surface area contributed by atoms with Crippen LogP contribution in [-0.2, 0) is 13.2 Å². The van der Waals surface area contributed by atoms with Gasteiger partial charge in [0.25, 0.3) is 0 Å². The van der Waals surface area contributed by atoms with Crippen LogP contribution in [0.4, 0.5) is 19.0 Å². The molecule has 2 heterocycles. The lowest BCUT2D eigenvalue weighted by atomic mass is 10.3. The maximum absolute atomic E-state index is 12.6. The van der Waals surface area contributed by atoms with Crippen LogP contribution >= 0.6 is 0 Å². The summed E-state index contributed by atoms with van der Waals surface area (Å²) < 4.78 is 38.5. The zero-order valence-electron chi connectivity index (χ0n) is 7.96. The number of hydrogen-bond donors (Lipinski definition) is 2. The summed E-state index contributed by atoms with van der Waals surface area (Å²) in [7, 11) is 1.25. The Bertz CT molecular complexity index is 611. The first kappa shape index (κ1) is 10.5. The van der Waals surface area contributed by atoms with Gasteiger partial charge in [-0.25, -0.2) is 9.48 Å². The molecular formula is C7H6F3N5O. The van der Waals surface area contributed by atoms with Gasteiger partial charge in [-0.15, -0.1) is 0 Å². The van der Waals surface area contributed by atoms with Crippen molar-refractivity contribution >= 4 is 16.9 Å². The second-order valence-electron chi connectivity index (χ2n) is 3.12. The predicted molar refractivity (Wildman–Crippen MR) is 48.5 cm³/mol. The quantitative estimate of drug-likeness (QED) is 0.682. The van der Waals surface area contributed by atoms with Gasteiger partial charge in [-0.2, -0.15) is 23.3 Å². The number of alkyl halides is 3. The summed E-state index contributed by atoms with van der Waals surface area (Å²) in [6.45, 7) is 0. The van der Waals surface area contributed by atoms with Gasteiger partial charge in [0.15, 0.2) is 11.3 Å². The number of fused-ring (bicyclic) bond motifs is 1. The SMILES string of the molecule is Cn1nc(C(F)(F)F)c2c(N)[nH]c(=O)nc21. The Kier molecular flexibility index (Phi) is 1.94. The molecule has 0 bridgehead atoms. The van der Waals surface area contributed by atoms with Gasteiger partial charge in [-0.3, -0.25) is 4.98 Å². The molecule has 0 radical (unpaired) electrons. The normalized spacial score (nSPS) is 12.2. The lowest BCUT2D eigenvalue weighted by Crippen LogP contribution is -2.14. The average Bonchev–Trinajstić information content (AvgIpc) is 2.43. The number of nitrogens with zero attached hydrogens (tertiary/aromatic N) is 3. The number of anilines is 1. The highest BCUT2D eigenvalue weighted by molar-refractivity contribution is 5.88. The van der Waals surface area contributed by atoms with Crippen molar-refractivity contribution in [3.05, 3.63) is 16.2 Å². The van der Waals surface area contributed by atoms with Crippen molar-refractivity contribution in [3.8, 4) is 0 Å². The first-order valence-corrected chi connectivity index (χ1v) is 4.10. The number of nitrogens with one attached hydrogen (secondary N) is 1. The smallest absolute Gasteiger partial charge is 0.384 e. The molecule has 86 valence electrons. The molecule has 0 unspecified atom stereocenters. The molecule has 6 nitrogen and oxygen atoms in total. The van der Waals surface area contributed by atoms with Gasteiger partial charge in [-0.05, 0) is 0 Å². The van der Waals surface area contributed by atoms with Gasteiger partial charge < -0.3 is 5.73 Å². The predicted octanol–water partition coefficient (Wildman–Crippen LogP) is 0.258. The number of aromatic nitrogens is 4. The van der Waals surface area contributed by atoms with E-state index in [1.165, 1.54) is 7.05 Å². The van der Waals surface area contributed by atoms with Gasteiger partial charge in [0.05, 0.1) is 5.39 Å². The molecule has 9 heteroatoms. The van der Waals surface area contributed by atoms with Crippen molar-refractivity contribution < 1.29 is 13.2 Å². The second-order valence-corrected chi connectivity index (χ2v) is 3.12. The minimum absolute atomic E-state index is 0.200. The molecule has 0 spiro atoms. The molecule has 0 atom stereocenters. The highest BCUT2D eigenvalue weighted by Crippen LogP contribution is 2.34. The van der Waals surface area contributed by atoms with Crippen molar-refractivity contribution in [2.75, 3.05) is 5.73 Å². The van der Waals surface area contributed by atoms with Crippen LogP contribution in [0, 0.1) is 0 Å². The fourth-order valence-electron chi connectivity index (χ4n) is 1.39. The summed E-state index contributed by atoms with van der Waals surface area (Å²) in [6.07, 6.45) is -4.65. The lowest BCUT2D eigenvalue weighted by molar-refractivity contribution is -0.140. The van der Waals surface area contributed by atoms with Crippen LogP contribution in [0.15, 0.2) is 4.79 Å². The molecule has 0 fully saturated rings. The zero-order chi connectivity index (χ0) is 12.1. The van der Waals surface area contributed by atoms with Gasteiger partial charge in [0.2, 0.25) is 0 Å². The Morgan fingerprint density at radius 2 is 2.06 bits per heavy atom. The van der Waals surface area contributed by atoms with Crippen LogP contribution in [0.5, 0.6) is 0 Å². The minimum Gasteiger partial charge on any atom is -0.384 e. The number of rotatable bonds is 0. The van der Waals surface area contributed by atoms with E-state index in [0.717, 1.165) is 4.68 Å². The van der Waals surface area contributed by atoms with Crippen LogP contribution in [0.2, 0.25) is 0 Å². The van der Waals surface area contributed by atoms with E-state index in [2.05, 4.69) is 10.1 Å². The third kappa shape index (κ3) is 1.40. The topological polar surface area (TPSA) is 89.6 Å². The van der Waals surface area contributed by atoms with Crippen molar-refractivity contribution in [2.45, 2.75) is 6.18 Å². The molecule has 0 aliphatic rings.